The van der Waals surface area contributed by atoms with Crippen molar-refractivity contribution >= 4 is 0 Å². The van der Waals surface area contributed by atoms with Gasteiger partial charge in [0.15, 0.2) is 0 Å². The predicted octanol–water partition coefficient (Wildman–Crippen LogP) is -1.15. The van der Waals surface area contributed by atoms with E-state index >= 15 is 0 Å². The molecule has 0 spiro atoms. The molecule has 1 aromatic heterocycles. The third-order valence-corrected chi connectivity index (χ3v) is 5.64. The molecular formula is C20H26FN3O8. The van der Waals surface area contributed by atoms with Crippen molar-refractivity contribution in [3.05, 3.63) is 68.0 Å². The molecule has 2 aromatic rings. The van der Waals surface area contributed by atoms with E-state index in [2.05, 4.69) is 0 Å². The number of aromatic amines is 1. The number of hydrogen-bond donors (Lipinski definition) is 6. The monoisotopic (exact) mass is 455 g/mol. The fourth-order valence-electron chi connectivity index (χ4n) is 3.64. The second kappa shape index (κ2) is 8.83. The van der Waals surface area contributed by atoms with Gasteiger partial charge >= 0.3 is 11.6 Å². The molecule has 1 aliphatic rings. The van der Waals surface area contributed by atoms with Gasteiger partial charge in [0.25, 0.3) is 5.56 Å². The summed E-state index contributed by atoms with van der Waals surface area (Å²) in [5, 5.41) is 53.7. The van der Waals surface area contributed by atoms with Crippen molar-refractivity contribution < 1.29 is 34.8 Å². The van der Waals surface area contributed by atoms with E-state index in [1.165, 1.54) is 6.92 Å². The van der Waals surface area contributed by atoms with Gasteiger partial charge < -0.3 is 30.4 Å². The highest BCUT2D eigenvalue weighted by atomic mass is 19.1. The SMILES string of the molecule is Cc1ccc(CN(O)[C@@]2(O)[C@H](O)[C@@H](CO)O[C@]2(O)n2cc(C(C)CF)c(=O)[nH]c2=O)cc1. The molecule has 0 bridgehead atoms. The Morgan fingerprint density at radius 1 is 1.28 bits per heavy atom. The molecule has 0 saturated carbocycles. The van der Waals surface area contributed by atoms with Crippen LogP contribution in [0.1, 0.15) is 29.5 Å². The van der Waals surface area contributed by atoms with Crippen molar-refractivity contribution in [1.29, 1.82) is 0 Å². The number of hydrogen-bond acceptors (Lipinski definition) is 9. The van der Waals surface area contributed by atoms with Crippen molar-refractivity contribution in [1.82, 2.24) is 14.6 Å². The fraction of sp³-hybridized carbons (Fsp3) is 0.500. The fourth-order valence-corrected chi connectivity index (χ4v) is 3.64. The number of halogens is 1. The number of H-pyrrole nitrogens is 1. The van der Waals surface area contributed by atoms with Gasteiger partial charge in [-0.25, -0.2) is 9.36 Å². The number of hydroxylamine groups is 2. The van der Waals surface area contributed by atoms with Crippen molar-refractivity contribution in [2.24, 2.45) is 0 Å². The number of nitrogens with one attached hydrogen (secondary N) is 1. The number of rotatable bonds is 7. The summed E-state index contributed by atoms with van der Waals surface area (Å²) >= 11 is 0. The van der Waals surface area contributed by atoms with E-state index in [1.807, 2.05) is 11.9 Å². The van der Waals surface area contributed by atoms with Gasteiger partial charge in [0.05, 0.1) is 19.8 Å². The Morgan fingerprint density at radius 2 is 1.91 bits per heavy atom. The van der Waals surface area contributed by atoms with Crippen molar-refractivity contribution in [3.63, 3.8) is 0 Å². The number of benzene rings is 1. The molecule has 32 heavy (non-hydrogen) atoms. The third-order valence-electron chi connectivity index (χ3n) is 5.64. The van der Waals surface area contributed by atoms with E-state index < -0.39 is 60.8 Å². The minimum atomic E-state index is -3.18. The van der Waals surface area contributed by atoms with Crippen molar-refractivity contribution in [2.75, 3.05) is 13.3 Å². The van der Waals surface area contributed by atoms with E-state index in [0.717, 1.165) is 11.8 Å². The molecule has 1 saturated heterocycles. The van der Waals surface area contributed by atoms with Crippen LogP contribution in [-0.2, 0) is 17.2 Å². The van der Waals surface area contributed by atoms with E-state index in [1.54, 1.807) is 24.3 Å². The number of ether oxygens (including phenoxy) is 1. The maximum Gasteiger partial charge on any atom is 0.332 e. The van der Waals surface area contributed by atoms with Crippen LogP contribution in [0.2, 0.25) is 0 Å². The number of aliphatic hydroxyl groups is 4. The number of aryl methyl sites for hydroxylation is 1. The molecule has 6 N–H and O–H groups in total. The minimum absolute atomic E-state index is 0.174. The molecule has 12 heteroatoms. The van der Waals surface area contributed by atoms with Crippen LogP contribution in [0, 0.1) is 6.92 Å². The topological polar surface area (TPSA) is 168 Å². The molecule has 11 nitrogen and oxygen atoms in total. The van der Waals surface area contributed by atoms with Gasteiger partial charge in [0.2, 0.25) is 5.72 Å². The van der Waals surface area contributed by atoms with E-state index in [4.69, 9.17) is 4.74 Å². The highest BCUT2D eigenvalue weighted by molar-refractivity contribution is 5.21. The smallest absolute Gasteiger partial charge is 0.332 e. The maximum atomic E-state index is 13.2. The van der Waals surface area contributed by atoms with Crippen molar-refractivity contribution in [3.8, 4) is 0 Å². The van der Waals surface area contributed by atoms with Crippen molar-refractivity contribution in [2.45, 2.75) is 50.2 Å². The Morgan fingerprint density at radius 3 is 2.47 bits per heavy atom. The first-order valence-electron chi connectivity index (χ1n) is 9.85. The van der Waals surface area contributed by atoms with Gasteiger partial charge in [-0.05, 0) is 12.5 Å². The van der Waals surface area contributed by atoms with Crippen LogP contribution in [0.25, 0.3) is 0 Å². The molecule has 176 valence electrons. The molecule has 2 heterocycles. The summed E-state index contributed by atoms with van der Waals surface area (Å²) in [5.41, 5.74) is -4.12. The Kier molecular flexibility index (Phi) is 6.67. The summed E-state index contributed by atoms with van der Waals surface area (Å²) in [4.78, 5) is 26.5. The maximum absolute atomic E-state index is 13.2. The van der Waals surface area contributed by atoms with Gasteiger partial charge in [0, 0.05) is 17.7 Å². The van der Waals surface area contributed by atoms with Gasteiger partial charge in [-0.2, -0.15) is 0 Å². The number of aliphatic hydroxyl groups excluding tert-OH is 2. The summed E-state index contributed by atoms with van der Waals surface area (Å²) < 4.78 is 18.8. The Labute approximate surface area is 181 Å². The highest BCUT2D eigenvalue weighted by Gasteiger charge is 2.70. The lowest BCUT2D eigenvalue weighted by Crippen LogP contribution is -2.68. The number of alkyl halides is 1. The van der Waals surface area contributed by atoms with Crippen LogP contribution in [0.15, 0.2) is 40.1 Å². The van der Waals surface area contributed by atoms with Gasteiger partial charge in [0.1, 0.15) is 12.2 Å². The Hall–Kier alpha value is -2.45. The molecule has 0 amide bonds. The standard InChI is InChI=1S/C20H26FN3O8/c1-11-3-5-13(6-4-11)8-24(31)19(29)16(26)15(10-25)32-20(19,30)23-9-14(12(2)7-21)17(27)22-18(23)28/h3-6,9,12,15-16,25-26,29-31H,7-8,10H2,1-2H3,(H,22,27,28)/t12?,15-,16-,19-,20+/m1/s1. The summed E-state index contributed by atoms with van der Waals surface area (Å²) in [6.07, 6.45) is -2.95. The lowest BCUT2D eigenvalue weighted by atomic mass is 9.99. The molecule has 0 aliphatic carbocycles. The first-order valence-corrected chi connectivity index (χ1v) is 9.85. The molecule has 0 radical (unpaired) electrons. The van der Waals surface area contributed by atoms with Crippen LogP contribution < -0.4 is 11.2 Å². The minimum Gasteiger partial charge on any atom is -0.394 e. The van der Waals surface area contributed by atoms with Crippen LogP contribution in [0.3, 0.4) is 0 Å². The van der Waals surface area contributed by atoms with Gasteiger partial charge in [-0.3, -0.25) is 14.2 Å². The summed E-state index contributed by atoms with van der Waals surface area (Å²) in [6.45, 7) is 0.907. The lowest BCUT2D eigenvalue weighted by molar-refractivity contribution is -0.413. The van der Waals surface area contributed by atoms with Crippen LogP contribution in [0.5, 0.6) is 0 Å². The van der Waals surface area contributed by atoms with E-state index in [0.29, 0.717) is 10.1 Å². The highest BCUT2D eigenvalue weighted by Crippen LogP contribution is 2.43. The normalized spacial score (nSPS) is 28.9. The first-order chi connectivity index (χ1) is 15.0. The average molecular weight is 455 g/mol. The second-order valence-corrected chi connectivity index (χ2v) is 7.93. The van der Waals surface area contributed by atoms with Crippen LogP contribution in [0.4, 0.5) is 4.39 Å². The lowest BCUT2D eigenvalue weighted by Gasteiger charge is -2.42. The third kappa shape index (κ3) is 3.79. The summed E-state index contributed by atoms with van der Waals surface area (Å²) in [6, 6.07) is 6.71. The Balaban J connectivity index is 2.14. The first kappa shape index (κ1) is 24.2. The Bertz CT molecular complexity index is 1070. The molecule has 5 atom stereocenters. The van der Waals surface area contributed by atoms with Crippen LogP contribution >= 0.6 is 0 Å². The molecule has 1 fully saturated rings. The zero-order valence-corrected chi connectivity index (χ0v) is 17.5. The second-order valence-electron chi connectivity index (χ2n) is 7.93. The van der Waals surface area contributed by atoms with Crippen LogP contribution in [-0.4, -0.2) is 71.5 Å². The molecule has 1 aliphatic heterocycles. The number of aromatic nitrogens is 2. The average Bonchev–Trinajstić information content (AvgIpc) is 2.97. The molecule has 1 aromatic carbocycles. The summed E-state index contributed by atoms with van der Waals surface area (Å²) in [5.74, 6) is -4.16. The zero-order valence-electron chi connectivity index (χ0n) is 17.5. The number of nitrogens with zero attached hydrogens (tertiary/aromatic N) is 2. The van der Waals surface area contributed by atoms with E-state index in [9.17, 15) is 39.6 Å². The molecule has 3 rings (SSSR count). The molecule has 1 unspecified atom stereocenters. The molecular weight excluding hydrogens is 429 g/mol. The van der Waals surface area contributed by atoms with Gasteiger partial charge in [-0.1, -0.05) is 36.8 Å². The zero-order chi connectivity index (χ0) is 23.8. The predicted molar refractivity (Wildman–Crippen MR) is 107 cm³/mol. The largest absolute Gasteiger partial charge is 0.394 e. The van der Waals surface area contributed by atoms with Gasteiger partial charge in [-0.15, -0.1) is 5.06 Å². The quantitative estimate of drug-likeness (QED) is 0.223. The van der Waals surface area contributed by atoms with E-state index in [-0.39, 0.29) is 10.6 Å². The summed E-state index contributed by atoms with van der Waals surface area (Å²) in [7, 11) is 0.